The summed E-state index contributed by atoms with van der Waals surface area (Å²) in [7, 11) is 0. The van der Waals surface area contributed by atoms with E-state index in [0.29, 0.717) is 44.6 Å². The number of benzene rings is 4. The maximum Gasteiger partial charge on any atom is 0.338 e. The summed E-state index contributed by atoms with van der Waals surface area (Å²) in [5, 5.41) is 0. The van der Waals surface area contributed by atoms with Gasteiger partial charge in [0.1, 0.15) is 18.3 Å². The van der Waals surface area contributed by atoms with Gasteiger partial charge in [-0.2, -0.15) is 0 Å². The number of hydrogen-bond acceptors (Lipinski definition) is 9. The van der Waals surface area contributed by atoms with E-state index in [2.05, 4.69) is 0 Å². The summed E-state index contributed by atoms with van der Waals surface area (Å²) >= 11 is 0. The fraction of sp³-hybridized carbons (Fsp3) is 0.381. The van der Waals surface area contributed by atoms with Gasteiger partial charge < -0.3 is 33.2 Å². The van der Waals surface area contributed by atoms with E-state index in [-0.39, 0.29) is 25.8 Å². The van der Waals surface area contributed by atoms with Crippen LogP contribution in [0.25, 0.3) is 0 Å². The van der Waals surface area contributed by atoms with E-state index in [1.54, 1.807) is 31.2 Å². The standard InChI is InChI=1S/C42H48O9/c1-2-46-37(43)26-16-7-17-27-47-42-40(51-41(44)35-24-14-6-15-25-35)39(49-30-34-22-12-5-13-23-34)38(48-29-33-20-10-4-11-21-33)36(50-42)31-45-28-32-18-8-3-9-19-32/h3-6,8-15,18-25,36,38-40,42H,2,7,16-17,26-31H2,1H3/t36-,38-,39+,40-,42-/m1/s1. The molecule has 270 valence electrons. The lowest BCUT2D eigenvalue weighted by Crippen LogP contribution is -2.62. The Morgan fingerprint density at radius 3 is 1.75 bits per heavy atom. The second kappa shape index (κ2) is 21.1. The van der Waals surface area contributed by atoms with Crippen molar-refractivity contribution in [2.75, 3.05) is 19.8 Å². The third-order valence-electron chi connectivity index (χ3n) is 8.42. The first-order valence-corrected chi connectivity index (χ1v) is 17.7. The minimum absolute atomic E-state index is 0.179. The molecule has 0 unspecified atom stereocenters. The van der Waals surface area contributed by atoms with Crippen LogP contribution in [0.4, 0.5) is 0 Å². The van der Waals surface area contributed by atoms with Gasteiger partial charge >= 0.3 is 11.9 Å². The molecule has 0 spiro atoms. The Balaban J connectivity index is 1.40. The third kappa shape index (κ3) is 12.4. The topological polar surface area (TPSA) is 98.8 Å². The SMILES string of the molecule is CCOC(=O)CCCCCO[C@@H]1O[C@H](COCc2ccccc2)[C@@H](OCc2ccccc2)[C@H](OCc2ccccc2)[C@H]1OC(=O)c1ccccc1. The van der Waals surface area contributed by atoms with Crippen LogP contribution >= 0.6 is 0 Å². The van der Waals surface area contributed by atoms with E-state index >= 15 is 0 Å². The first-order chi connectivity index (χ1) is 25.1. The van der Waals surface area contributed by atoms with Crippen molar-refractivity contribution in [1.29, 1.82) is 0 Å². The molecule has 1 saturated heterocycles. The van der Waals surface area contributed by atoms with E-state index in [4.69, 9.17) is 33.2 Å². The van der Waals surface area contributed by atoms with Gasteiger partial charge in [-0.1, -0.05) is 116 Å². The van der Waals surface area contributed by atoms with Crippen LogP contribution in [0.1, 0.15) is 59.7 Å². The summed E-state index contributed by atoms with van der Waals surface area (Å²) in [5.74, 6) is -0.735. The fourth-order valence-electron chi connectivity index (χ4n) is 5.81. The number of carbonyl (C=O) groups excluding carboxylic acids is 2. The molecule has 1 aliphatic heterocycles. The second-order valence-corrected chi connectivity index (χ2v) is 12.3. The first-order valence-electron chi connectivity index (χ1n) is 17.7. The monoisotopic (exact) mass is 696 g/mol. The van der Waals surface area contributed by atoms with Crippen molar-refractivity contribution in [3.63, 3.8) is 0 Å². The zero-order chi connectivity index (χ0) is 35.5. The Bertz CT molecular complexity index is 1550. The van der Waals surface area contributed by atoms with Crippen LogP contribution in [-0.4, -0.2) is 62.5 Å². The van der Waals surface area contributed by atoms with Gasteiger partial charge in [-0.3, -0.25) is 4.79 Å². The summed E-state index contributed by atoms with van der Waals surface area (Å²) in [6.07, 6.45) is -1.62. The van der Waals surface area contributed by atoms with Crippen molar-refractivity contribution >= 4 is 11.9 Å². The molecule has 9 nitrogen and oxygen atoms in total. The lowest BCUT2D eigenvalue weighted by atomic mass is 9.97. The van der Waals surface area contributed by atoms with Crippen LogP contribution in [-0.2, 0) is 57.8 Å². The molecule has 1 aliphatic rings. The van der Waals surface area contributed by atoms with Crippen LogP contribution in [0.3, 0.4) is 0 Å². The van der Waals surface area contributed by atoms with E-state index in [1.165, 1.54) is 0 Å². The zero-order valence-corrected chi connectivity index (χ0v) is 29.2. The van der Waals surface area contributed by atoms with Crippen LogP contribution in [0, 0.1) is 0 Å². The Hall–Kier alpha value is -4.38. The lowest BCUT2D eigenvalue weighted by molar-refractivity contribution is -0.318. The van der Waals surface area contributed by atoms with Gasteiger partial charge in [0.2, 0.25) is 0 Å². The van der Waals surface area contributed by atoms with Gasteiger partial charge in [0, 0.05) is 13.0 Å². The zero-order valence-electron chi connectivity index (χ0n) is 29.2. The third-order valence-corrected chi connectivity index (χ3v) is 8.42. The predicted molar refractivity (Wildman–Crippen MR) is 191 cm³/mol. The fourth-order valence-corrected chi connectivity index (χ4v) is 5.81. The van der Waals surface area contributed by atoms with Crippen LogP contribution < -0.4 is 0 Å². The van der Waals surface area contributed by atoms with E-state index in [0.717, 1.165) is 23.1 Å². The Kier molecular flexibility index (Phi) is 15.7. The number of hydrogen-bond donors (Lipinski definition) is 0. The maximum absolute atomic E-state index is 13.6. The van der Waals surface area contributed by atoms with Crippen LogP contribution in [0.15, 0.2) is 121 Å². The first kappa shape index (κ1) is 37.9. The highest BCUT2D eigenvalue weighted by Gasteiger charge is 2.50. The molecule has 1 fully saturated rings. The number of carbonyl (C=O) groups is 2. The minimum Gasteiger partial charge on any atom is -0.466 e. The number of ether oxygens (including phenoxy) is 7. The molecule has 5 rings (SSSR count). The Morgan fingerprint density at radius 2 is 1.16 bits per heavy atom. The smallest absolute Gasteiger partial charge is 0.338 e. The van der Waals surface area contributed by atoms with E-state index < -0.39 is 36.7 Å². The van der Waals surface area contributed by atoms with Gasteiger partial charge in [0.25, 0.3) is 0 Å². The maximum atomic E-state index is 13.6. The molecule has 9 heteroatoms. The summed E-state index contributed by atoms with van der Waals surface area (Å²) < 4.78 is 43.8. The molecular weight excluding hydrogens is 648 g/mol. The number of esters is 2. The molecule has 0 bridgehead atoms. The van der Waals surface area contributed by atoms with Crippen molar-refractivity contribution in [3.8, 4) is 0 Å². The molecule has 51 heavy (non-hydrogen) atoms. The van der Waals surface area contributed by atoms with Crippen molar-refractivity contribution in [1.82, 2.24) is 0 Å². The summed E-state index contributed by atoms with van der Waals surface area (Å²) in [6, 6.07) is 38.4. The normalized spacial score (nSPS) is 20.1. The Morgan fingerprint density at radius 1 is 0.608 bits per heavy atom. The summed E-state index contributed by atoms with van der Waals surface area (Å²) in [4.78, 5) is 25.4. The molecular formula is C42H48O9. The van der Waals surface area contributed by atoms with Crippen molar-refractivity contribution in [2.24, 2.45) is 0 Å². The Labute approximate surface area is 300 Å². The van der Waals surface area contributed by atoms with E-state index in [9.17, 15) is 9.59 Å². The predicted octanol–water partition coefficient (Wildman–Crippen LogP) is 7.46. The van der Waals surface area contributed by atoms with E-state index in [1.807, 2.05) is 97.1 Å². The quantitative estimate of drug-likeness (QED) is 0.0689. The average Bonchev–Trinajstić information content (AvgIpc) is 3.17. The second-order valence-electron chi connectivity index (χ2n) is 12.3. The molecule has 0 aliphatic carbocycles. The van der Waals surface area contributed by atoms with Crippen molar-refractivity contribution < 1.29 is 42.7 Å². The molecule has 4 aromatic rings. The van der Waals surface area contributed by atoms with Gasteiger partial charge in [0.05, 0.1) is 38.6 Å². The molecule has 0 saturated carbocycles. The van der Waals surface area contributed by atoms with Gasteiger partial charge in [-0.25, -0.2) is 4.79 Å². The number of unbranched alkanes of at least 4 members (excludes halogenated alkanes) is 2. The van der Waals surface area contributed by atoms with Gasteiger partial charge in [0.15, 0.2) is 12.4 Å². The van der Waals surface area contributed by atoms with Crippen LogP contribution in [0.2, 0.25) is 0 Å². The van der Waals surface area contributed by atoms with Crippen LogP contribution in [0.5, 0.6) is 0 Å². The molecule has 0 aromatic heterocycles. The summed E-state index contributed by atoms with van der Waals surface area (Å²) in [5.41, 5.74) is 3.35. The molecule has 4 aromatic carbocycles. The molecule has 1 heterocycles. The largest absolute Gasteiger partial charge is 0.466 e. The minimum atomic E-state index is -0.981. The molecule has 0 radical (unpaired) electrons. The van der Waals surface area contributed by atoms with Crippen molar-refractivity contribution in [3.05, 3.63) is 144 Å². The highest BCUT2D eigenvalue weighted by molar-refractivity contribution is 5.89. The molecule has 0 amide bonds. The van der Waals surface area contributed by atoms with Gasteiger partial charge in [-0.15, -0.1) is 0 Å². The highest BCUT2D eigenvalue weighted by atomic mass is 16.7. The molecule has 0 N–H and O–H groups in total. The highest BCUT2D eigenvalue weighted by Crippen LogP contribution is 2.32. The van der Waals surface area contributed by atoms with Crippen molar-refractivity contribution in [2.45, 2.75) is 83.1 Å². The lowest BCUT2D eigenvalue weighted by Gasteiger charge is -2.45. The number of rotatable bonds is 20. The summed E-state index contributed by atoms with van der Waals surface area (Å²) in [6.45, 7) is 3.55. The van der Waals surface area contributed by atoms with Gasteiger partial charge in [-0.05, 0) is 48.6 Å². The average molecular weight is 697 g/mol. The molecule has 5 atom stereocenters.